The van der Waals surface area contributed by atoms with Gasteiger partial charge in [-0.15, -0.1) is 0 Å². The second kappa shape index (κ2) is 7.25. The maximum Gasteiger partial charge on any atom is 0.145 e. The smallest absolute Gasteiger partial charge is 0.145 e. The van der Waals surface area contributed by atoms with E-state index in [-0.39, 0.29) is 16.9 Å². The van der Waals surface area contributed by atoms with Crippen molar-refractivity contribution in [3.05, 3.63) is 62.8 Å². The number of nitrogens with one attached hydrogen (secondary N) is 1. The van der Waals surface area contributed by atoms with Gasteiger partial charge in [-0.2, -0.15) is 0 Å². The number of methoxy groups -OCH3 is 1. The summed E-state index contributed by atoms with van der Waals surface area (Å²) >= 11 is 9.37. The predicted octanol–water partition coefficient (Wildman–Crippen LogP) is 4.75. The maximum absolute atomic E-state index is 14.1. The van der Waals surface area contributed by atoms with Gasteiger partial charge in [-0.25, -0.2) is 4.39 Å². The molecule has 2 aromatic rings. The molecule has 0 bridgehead atoms. The van der Waals surface area contributed by atoms with Crippen molar-refractivity contribution in [2.45, 2.75) is 12.5 Å². The highest BCUT2D eigenvalue weighted by Crippen LogP contribution is 2.31. The molecule has 0 heterocycles. The van der Waals surface area contributed by atoms with Crippen molar-refractivity contribution in [1.29, 1.82) is 0 Å². The molecule has 0 saturated heterocycles. The second-order valence-corrected chi connectivity index (χ2v) is 5.91. The second-order valence-electron chi connectivity index (χ2n) is 4.65. The van der Waals surface area contributed by atoms with Gasteiger partial charge in [-0.1, -0.05) is 39.7 Å². The first-order chi connectivity index (χ1) is 10.1. The van der Waals surface area contributed by atoms with Gasteiger partial charge in [0.25, 0.3) is 0 Å². The molecule has 2 rings (SSSR count). The lowest BCUT2D eigenvalue weighted by Gasteiger charge is -2.19. The molecule has 112 valence electrons. The summed E-state index contributed by atoms with van der Waals surface area (Å²) in [5, 5.41) is 3.36. The third-order valence-corrected chi connectivity index (χ3v) is 4.40. The van der Waals surface area contributed by atoms with Crippen LogP contribution in [0.4, 0.5) is 4.39 Å². The van der Waals surface area contributed by atoms with Gasteiger partial charge in [0.2, 0.25) is 0 Å². The van der Waals surface area contributed by atoms with Crippen LogP contribution >= 0.6 is 27.5 Å². The largest absolute Gasteiger partial charge is 0.497 e. The zero-order chi connectivity index (χ0) is 15.4. The predicted molar refractivity (Wildman–Crippen MR) is 87.6 cm³/mol. The minimum Gasteiger partial charge on any atom is -0.497 e. The van der Waals surface area contributed by atoms with Gasteiger partial charge in [0.05, 0.1) is 12.1 Å². The van der Waals surface area contributed by atoms with Crippen LogP contribution in [-0.2, 0) is 6.42 Å². The average molecular weight is 373 g/mol. The van der Waals surface area contributed by atoms with E-state index in [9.17, 15) is 4.39 Å². The van der Waals surface area contributed by atoms with Crippen molar-refractivity contribution in [3.8, 4) is 5.75 Å². The standard InChI is InChI=1S/C16H16BrClFNO/c1-20-15(8-10-4-3-5-14(18)16(10)19)12-9-11(21-2)6-7-13(12)17/h3-7,9,15,20H,8H2,1-2H3. The number of hydrogen-bond donors (Lipinski definition) is 1. The van der Waals surface area contributed by atoms with E-state index < -0.39 is 0 Å². The molecule has 0 amide bonds. The molecule has 21 heavy (non-hydrogen) atoms. The normalized spacial score (nSPS) is 12.2. The summed E-state index contributed by atoms with van der Waals surface area (Å²) in [7, 11) is 3.47. The Labute approximate surface area is 137 Å². The Morgan fingerprint density at radius 2 is 2.10 bits per heavy atom. The molecule has 1 N–H and O–H groups in total. The van der Waals surface area contributed by atoms with Gasteiger partial charge < -0.3 is 10.1 Å². The first kappa shape index (κ1) is 16.3. The van der Waals surface area contributed by atoms with Crippen molar-refractivity contribution in [1.82, 2.24) is 5.32 Å². The van der Waals surface area contributed by atoms with E-state index in [0.29, 0.717) is 12.0 Å². The van der Waals surface area contributed by atoms with E-state index in [1.807, 2.05) is 25.2 Å². The number of ether oxygens (including phenoxy) is 1. The molecule has 1 atom stereocenters. The lowest BCUT2D eigenvalue weighted by Crippen LogP contribution is -2.20. The van der Waals surface area contributed by atoms with Crippen molar-refractivity contribution >= 4 is 27.5 Å². The Balaban J connectivity index is 2.34. The molecule has 0 aromatic heterocycles. The van der Waals surface area contributed by atoms with Crippen molar-refractivity contribution in [2.75, 3.05) is 14.2 Å². The molecule has 2 nitrogen and oxygen atoms in total. The van der Waals surface area contributed by atoms with Crippen molar-refractivity contribution < 1.29 is 9.13 Å². The molecule has 5 heteroatoms. The van der Waals surface area contributed by atoms with E-state index in [2.05, 4.69) is 21.2 Å². The zero-order valence-corrected chi connectivity index (χ0v) is 14.1. The monoisotopic (exact) mass is 371 g/mol. The van der Waals surface area contributed by atoms with Crippen LogP contribution in [0.25, 0.3) is 0 Å². The fourth-order valence-electron chi connectivity index (χ4n) is 2.21. The highest BCUT2D eigenvalue weighted by atomic mass is 79.9. The van der Waals surface area contributed by atoms with Crippen molar-refractivity contribution in [3.63, 3.8) is 0 Å². The summed E-state index contributed by atoms with van der Waals surface area (Å²) in [4.78, 5) is 0. The number of halogens is 3. The minimum absolute atomic E-state index is 0.0533. The van der Waals surface area contributed by atoms with Gasteiger partial charge in [0, 0.05) is 10.5 Å². The Hall–Kier alpha value is -1.10. The van der Waals surface area contributed by atoms with E-state index >= 15 is 0 Å². The van der Waals surface area contributed by atoms with Gasteiger partial charge >= 0.3 is 0 Å². The molecule has 0 saturated carbocycles. The molecule has 0 spiro atoms. The summed E-state index contributed by atoms with van der Waals surface area (Å²) in [5.74, 6) is 0.401. The fourth-order valence-corrected chi connectivity index (χ4v) is 2.93. The van der Waals surface area contributed by atoms with Crippen LogP contribution < -0.4 is 10.1 Å². The van der Waals surface area contributed by atoms with Crippen LogP contribution in [-0.4, -0.2) is 14.2 Å². The molecule has 0 aliphatic rings. The summed E-state index contributed by atoms with van der Waals surface area (Å²) in [5.41, 5.74) is 1.59. The highest BCUT2D eigenvalue weighted by Gasteiger charge is 2.17. The van der Waals surface area contributed by atoms with E-state index in [0.717, 1.165) is 15.8 Å². The van der Waals surface area contributed by atoms with E-state index in [4.69, 9.17) is 16.3 Å². The van der Waals surface area contributed by atoms with Crippen LogP contribution in [0, 0.1) is 5.82 Å². The number of benzene rings is 2. The van der Waals surface area contributed by atoms with E-state index in [1.54, 1.807) is 25.3 Å². The van der Waals surface area contributed by atoms with Crippen LogP contribution in [0.5, 0.6) is 5.75 Å². The first-order valence-corrected chi connectivity index (χ1v) is 7.67. The maximum atomic E-state index is 14.1. The van der Waals surface area contributed by atoms with Crippen molar-refractivity contribution in [2.24, 2.45) is 0 Å². The van der Waals surface area contributed by atoms with Crippen LogP contribution in [0.1, 0.15) is 17.2 Å². The van der Waals surface area contributed by atoms with E-state index in [1.165, 1.54) is 0 Å². The Kier molecular flexibility index (Phi) is 5.62. The molecule has 0 aliphatic carbocycles. The topological polar surface area (TPSA) is 21.3 Å². The Morgan fingerprint density at radius 3 is 2.76 bits per heavy atom. The summed E-state index contributed by atoms with van der Waals surface area (Å²) in [6.07, 6.45) is 0.495. The third kappa shape index (κ3) is 3.76. The third-order valence-electron chi connectivity index (χ3n) is 3.38. The van der Waals surface area contributed by atoms with Gasteiger partial charge in [-0.05, 0) is 48.9 Å². The molecule has 0 aliphatic heterocycles. The molecule has 2 aromatic carbocycles. The highest BCUT2D eigenvalue weighted by molar-refractivity contribution is 9.10. The van der Waals surface area contributed by atoms with Gasteiger partial charge in [0.15, 0.2) is 0 Å². The number of hydrogen-bond acceptors (Lipinski definition) is 2. The lowest BCUT2D eigenvalue weighted by atomic mass is 9.98. The minimum atomic E-state index is -0.363. The van der Waals surface area contributed by atoms with Crippen LogP contribution in [0.15, 0.2) is 40.9 Å². The Morgan fingerprint density at radius 1 is 1.33 bits per heavy atom. The quantitative estimate of drug-likeness (QED) is 0.817. The first-order valence-electron chi connectivity index (χ1n) is 6.50. The SMILES string of the molecule is CNC(Cc1cccc(Cl)c1F)c1cc(OC)ccc1Br. The molecular formula is C16H16BrClFNO. The summed E-state index contributed by atoms with van der Waals surface area (Å²) in [6.45, 7) is 0. The fraction of sp³-hybridized carbons (Fsp3) is 0.250. The van der Waals surface area contributed by atoms with Crippen LogP contribution in [0.2, 0.25) is 5.02 Å². The molecular weight excluding hydrogens is 357 g/mol. The summed E-state index contributed by atoms with van der Waals surface area (Å²) < 4.78 is 20.3. The summed E-state index contributed by atoms with van der Waals surface area (Å²) in [6, 6.07) is 10.7. The van der Waals surface area contributed by atoms with Gasteiger partial charge in [0.1, 0.15) is 11.6 Å². The van der Waals surface area contributed by atoms with Crippen LogP contribution in [0.3, 0.4) is 0 Å². The van der Waals surface area contributed by atoms with Gasteiger partial charge in [-0.3, -0.25) is 0 Å². The number of likely N-dealkylation sites (N-methyl/N-ethyl adjacent to an activating group) is 1. The number of rotatable bonds is 5. The molecule has 0 radical (unpaired) electrons. The Bertz CT molecular complexity index is 636. The average Bonchev–Trinajstić information content (AvgIpc) is 2.50. The zero-order valence-electron chi connectivity index (χ0n) is 11.8. The lowest BCUT2D eigenvalue weighted by molar-refractivity contribution is 0.413. The molecule has 1 unspecified atom stereocenters. The molecule has 0 fully saturated rings.